The average Bonchev–Trinajstić information content (AvgIpc) is 3.07. The SMILES string of the molecule is CC1(C(=O)N2CCc3cc(O)ccc3C2)CO1. The molecule has 1 fully saturated rings. The predicted molar refractivity (Wildman–Crippen MR) is 61.6 cm³/mol. The summed E-state index contributed by atoms with van der Waals surface area (Å²) in [6.45, 7) is 3.69. The molecule has 0 aromatic heterocycles. The summed E-state index contributed by atoms with van der Waals surface area (Å²) in [5, 5.41) is 9.40. The first-order valence-electron chi connectivity index (χ1n) is 5.83. The Balaban J connectivity index is 1.81. The number of ether oxygens (including phenoxy) is 1. The monoisotopic (exact) mass is 233 g/mol. The molecular formula is C13H15NO3. The number of rotatable bonds is 1. The van der Waals surface area contributed by atoms with Crippen molar-refractivity contribution in [1.29, 1.82) is 0 Å². The normalized spacial score (nSPS) is 26.5. The van der Waals surface area contributed by atoms with E-state index in [1.165, 1.54) is 0 Å². The highest BCUT2D eigenvalue weighted by Crippen LogP contribution is 2.31. The van der Waals surface area contributed by atoms with Gasteiger partial charge in [-0.25, -0.2) is 0 Å². The Bertz CT molecular complexity index is 480. The maximum absolute atomic E-state index is 12.1. The number of hydrogen-bond donors (Lipinski definition) is 1. The molecule has 2 aliphatic rings. The third-order valence-corrected chi connectivity index (χ3v) is 3.52. The molecule has 0 saturated carbocycles. The third kappa shape index (κ3) is 1.78. The van der Waals surface area contributed by atoms with Crippen LogP contribution < -0.4 is 0 Å². The van der Waals surface area contributed by atoms with Crippen LogP contribution in [0.4, 0.5) is 0 Å². The Labute approximate surface area is 99.8 Å². The maximum atomic E-state index is 12.1. The van der Waals surface area contributed by atoms with Crippen LogP contribution in [-0.4, -0.2) is 34.7 Å². The molecule has 90 valence electrons. The van der Waals surface area contributed by atoms with Gasteiger partial charge in [0.25, 0.3) is 5.91 Å². The van der Waals surface area contributed by atoms with Crippen LogP contribution in [0.25, 0.3) is 0 Å². The first-order valence-corrected chi connectivity index (χ1v) is 5.83. The summed E-state index contributed by atoms with van der Waals surface area (Å²) in [4.78, 5) is 14.0. The van der Waals surface area contributed by atoms with Gasteiger partial charge in [0.1, 0.15) is 5.75 Å². The molecule has 2 aliphatic heterocycles. The molecule has 4 heteroatoms. The predicted octanol–water partition coefficient (Wildman–Crippen LogP) is 1.07. The Hall–Kier alpha value is -1.55. The van der Waals surface area contributed by atoms with Crippen molar-refractivity contribution in [2.24, 2.45) is 0 Å². The van der Waals surface area contributed by atoms with Gasteiger partial charge in [-0.3, -0.25) is 4.79 Å². The van der Waals surface area contributed by atoms with Crippen molar-refractivity contribution in [1.82, 2.24) is 4.90 Å². The van der Waals surface area contributed by atoms with E-state index in [1.807, 2.05) is 17.9 Å². The maximum Gasteiger partial charge on any atom is 0.257 e. The van der Waals surface area contributed by atoms with Crippen LogP contribution in [0.5, 0.6) is 5.75 Å². The quantitative estimate of drug-likeness (QED) is 0.738. The largest absolute Gasteiger partial charge is 0.508 e. The summed E-state index contributed by atoms with van der Waals surface area (Å²) in [7, 11) is 0. The smallest absolute Gasteiger partial charge is 0.257 e. The highest BCUT2D eigenvalue weighted by atomic mass is 16.6. The molecule has 1 aromatic carbocycles. The Kier molecular flexibility index (Phi) is 2.16. The lowest BCUT2D eigenvalue weighted by atomic mass is 9.98. The van der Waals surface area contributed by atoms with Crippen molar-refractivity contribution in [3.05, 3.63) is 29.3 Å². The topological polar surface area (TPSA) is 53.1 Å². The Morgan fingerprint density at radius 3 is 2.94 bits per heavy atom. The molecule has 1 amide bonds. The number of hydrogen-bond acceptors (Lipinski definition) is 3. The van der Waals surface area contributed by atoms with Gasteiger partial charge >= 0.3 is 0 Å². The molecule has 0 spiro atoms. The number of fused-ring (bicyclic) bond motifs is 1. The average molecular weight is 233 g/mol. The number of amides is 1. The minimum atomic E-state index is -0.575. The van der Waals surface area contributed by atoms with Crippen molar-refractivity contribution in [3.63, 3.8) is 0 Å². The van der Waals surface area contributed by atoms with Crippen molar-refractivity contribution >= 4 is 5.91 Å². The van der Waals surface area contributed by atoms with Crippen molar-refractivity contribution < 1.29 is 14.6 Å². The zero-order valence-electron chi connectivity index (χ0n) is 9.77. The number of benzene rings is 1. The molecule has 3 rings (SSSR count). The Morgan fingerprint density at radius 2 is 2.24 bits per heavy atom. The van der Waals surface area contributed by atoms with Gasteiger partial charge in [0.2, 0.25) is 0 Å². The molecule has 1 unspecified atom stereocenters. The molecule has 1 saturated heterocycles. The number of nitrogens with zero attached hydrogens (tertiary/aromatic N) is 1. The number of carbonyl (C=O) groups is 1. The van der Waals surface area contributed by atoms with Crippen LogP contribution in [0.3, 0.4) is 0 Å². The standard InChI is InChI=1S/C13H15NO3/c1-13(8-17-13)12(16)14-5-4-9-6-11(15)3-2-10(9)7-14/h2-3,6,15H,4-5,7-8H2,1H3. The molecule has 1 aromatic rings. The van der Waals surface area contributed by atoms with Crippen LogP contribution in [0, 0.1) is 0 Å². The number of phenols is 1. The molecule has 1 N–H and O–H groups in total. The van der Waals surface area contributed by atoms with Crippen LogP contribution in [0.2, 0.25) is 0 Å². The summed E-state index contributed by atoms with van der Waals surface area (Å²) >= 11 is 0. The lowest BCUT2D eigenvalue weighted by Crippen LogP contribution is -2.42. The Morgan fingerprint density at radius 1 is 1.47 bits per heavy atom. The zero-order valence-corrected chi connectivity index (χ0v) is 9.77. The minimum absolute atomic E-state index is 0.0798. The summed E-state index contributed by atoms with van der Waals surface area (Å²) in [5.41, 5.74) is 1.68. The molecule has 2 heterocycles. The van der Waals surface area contributed by atoms with E-state index in [2.05, 4.69) is 0 Å². The van der Waals surface area contributed by atoms with Crippen molar-refractivity contribution in [2.45, 2.75) is 25.5 Å². The van der Waals surface area contributed by atoms with E-state index >= 15 is 0 Å². The second-order valence-electron chi connectivity index (χ2n) is 4.95. The van der Waals surface area contributed by atoms with E-state index in [0.717, 1.165) is 17.5 Å². The van der Waals surface area contributed by atoms with Gasteiger partial charge in [-0.1, -0.05) is 6.07 Å². The fraction of sp³-hybridized carbons (Fsp3) is 0.462. The fourth-order valence-corrected chi connectivity index (χ4v) is 2.28. The molecule has 0 radical (unpaired) electrons. The highest BCUT2D eigenvalue weighted by molar-refractivity contribution is 5.87. The van der Waals surface area contributed by atoms with E-state index in [-0.39, 0.29) is 5.91 Å². The van der Waals surface area contributed by atoms with Crippen LogP contribution >= 0.6 is 0 Å². The van der Waals surface area contributed by atoms with Gasteiger partial charge in [-0.05, 0) is 36.6 Å². The molecule has 1 atom stereocenters. The molecule has 0 bridgehead atoms. The number of phenolic OH excluding ortho intramolecular Hbond substituents is 1. The fourth-order valence-electron chi connectivity index (χ4n) is 2.28. The zero-order chi connectivity index (χ0) is 12.0. The molecule has 0 aliphatic carbocycles. The van der Waals surface area contributed by atoms with Crippen molar-refractivity contribution in [2.75, 3.05) is 13.2 Å². The van der Waals surface area contributed by atoms with Gasteiger partial charge in [0.05, 0.1) is 6.61 Å². The number of epoxide rings is 1. The van der Waals surface area contributed by atoms with E-state index in [0.29, 0.717) is 25.4 Å². The number of carbonyl (C=O) groups excluding carboxylic acids is 1. The molecule has 4 nitrogen and oxygen atoms in total. The second-order valence-corrected chi connectivity index (χ2v) is 4.95. The minimum Gasteiger partial charge on any atom is -0.508 e. The summed E-state index contributed by atoms with van der Waals surface area (Å²) in [6.07, 6.45) is 0.797. The van der Waals surface area contributed by atoms with Gasteiger partial charge in [0.15, 0.2) is 5.60 Å². The van der Waals surface area contributed by atoms with Crippen LogP contribution in [0.1, 0.15) is 18.1 Å². The van der Waals surface area contributed by atoms with Crippen molar-refractivity contribution in [3.8, 4) is 5.75 Å². The van der Waals surface area contributed by atoms with Gasteiger partial charge in [-0.2, -0.15) is 0 Å². The summed E-state index contributed by atoms with van der Waals surface area (Å²) in [5.74, 6) is 0.372. The van der Waals surface area contributed by atoms with E-state index in [4.69, 9.17) is 4.74 Å². The third-order valence-electron chi connectivity index (χ3n) is 3.52. The molecular weight excluding hydrogens is 218 g/mol. The first kappa shape index (κ1) is 10.6. The van der Waals surface area contributed by atoms with E-state index < -0.39 is 5.60 Å². The van der Waals surface area contributed by atoms with Gasteiger partial charge in [0, 0.05) is 13.1 Å². The second kappa shape index (κ2) is 3.47. The van der Waals surface area contributed by atoms with Gasteiger partial charge < -0.3 is 14.7 Å². The first-order chi connectivity index (χ1) is 8.08. The molecule has 17 heavy (non-hydrogen) atoms. The summed E-state index contributed by atoms with van der Waals surface area (Å²) < 4.78 is 5.19. The lowest BCUT2D eigenvalue weighted by Gasteiger charge is -2.30. The highest BCUT2D eigenvalue weighted by Gasteiger charge is 2.49. The van der Waals surface area contributed by atoms with Gasteiger partial charge in [-0.15, -0.1) is 0 Å². The number of aromatic hydroxyl groups is 1. The van der Waals surface area contributed by atoms with Crippen LogP contribution in [-0.2, 0) is 22.5 Å². The summed E-state index contributed by atoms with van der Waals surface area (Å²) in [6, 6.07) is 5.34. The van der Waals surface area contributed by atoms with E-state index in [1.54, 1.807) is 12.1 Å². The lowest BCUT2D eigenvalue weighted by molar-refractivity contribution is -0.137. The van der Waals surface area contributed by atoms with Crippen LogP contribution in [0.15, 0.2) is 18.2 Å². The van der Waals surface area contributed by atoms with E-state index in [9.17, 15) is 9.90 Å².